The van der Waals surface area contributed by atoms with E-state index < -0.39 is 0 Å². The number of para-hydroxylation sites is 1. The molecule has 2 aromatic carbocycles. The molecule has 0 saturated heterocycles. The fourth-order valence-corrected chi connectivity index (χ4v) is 2.36. The van der Waals surface area contributed by atoms with E-state index in [0.717, 1.165) is 5.56 Å². The first-order valence-corrected chi connectivity index (χ1v) is 8.12. The number of hydrogen-bond acceptors (Lipinski definition) is 4. The van der Waals surface area contributed by atoms with Gasteiger partial charge in [-0.3, -0.25) is 9.59 Å². The van der Waals surface area contributed by atoms with Crippen LogP contribution in [-0.4, -0.2) is 37.4 Å². The van der Waals surface area contributed by atoms with E-state index in [1.807, 2.05) is 38.4 Å². The van der Waals surface area contributed by atoms with Gasteiger partial charge in [0.15, 0.2) is 0 Å². The van der Waals surface area contributed by atoms with Gasteiger partial charge in [-0.1, -0.05) is 18.2 Å². The Morgan fingerprint density at radius 1 is 0.889 bits per heavy atom. The number of aryl methyl sites for hydroxylation is 1. The van der Waals surface area contributed by atoms with E-state index in [4.69, 9.17) is 5.73 Å². The molecule has 6 nitrogen and oxygen atoms in total. The third-order valence-corrected chi connectivity index (χ3v) is 3.59. The maximum Gasteiger partial charge on any atom is 0.238 e. The minimum absolute atomic E-state index is 0. The zero-order chi connectivity index (χ0) is 18.2. The first-order chi connectivity index (χ1) is 11.9. The van der Waals surface area contributed by atoms with Crippen molar-refractivity contribution in [2.75, 3.05) is 37.0 Å². The van der Waals surface area contributed by atoms with Crippen LogP contribution in [0.4, 0.5) is 17.1 Å². The van der Waals surface area contributed by atoms with Crippen LogP contribution in [0.25, 0.3) is 0 Å². The maximum atomic E-state index is 12.1. The van der Waals surface area contributed by atoms with Gasteiger partial charge in [0.1, 0.15) is 0 Å². The molecule has 0 fully saturated rings. The van der Waals surface area contributed by atoms with Crippen molar-refractivity contribution in [3.8, 4) is 0 Å². The van der Waals surface area contributed by atoms with Crippen molar-refractivity contribution in [2.45, 2.75) is 12.8 Å². The molecule has 2 rings (SSSR count). The molecule has 0 radical (unpaired) electrons. The predicted molar refractivity (Wildman–Crippen MR) is 116 cm³/mol. The molecule has 0 unspecified atom stereocenters. The first-order valence-electron chi connectivity index (χ1n) is 8.12. The SMILES string of the molecule is CN(C)CC(=O)Nc1ccc(NC(=O)CCc2ccccc2N)cc1.Cl.Cl. The van der Waals surface area contributed by atoms with E-state index in [2.05, 4.69) is 10.6 Å². The Morgan fingerprint density at radius 2 is 1.41 bits per heavy atom. The first kappa shape index (κ1) is 24.7. The maximum absolute atomic E-state index is 12.1. The molecule has 2 aromatic rings. The number of rotatable bonds is 7. The van der Waals surface area contributed by atoms with Crippen molar-refractivity contribution in [2.24, 2.45) is 0 Å². The second-order valence-electron chi connectivity index (χ2n) is 6.11. The molecule has 0 heterocycles. The fraction of sp³-hybridized carbons (Fsp3) is 0.263. The average molecular weight is 413 g/mol. The number of nitrogen functional groups attached to an aromatic ring is 1. The van der Waals surface area contributed by atoms with Crippen molar-refractivity contribution in [1.82, 2.24) is 4.90 Å². The normalized spacial score (nSPS) is 9.74. The van der Waals surface area contributed by atoms with E-state index in [-0.39, 0.29) is 36.6 Å². The van der Waals surface area contributed by atoms with E-state index in [1.165, 1.54) is 0 Å². The highest BCUT2D eigenvalue weighted by molar-refractivity contribution is 5.93. The van der Waals surface area contributed by atoms with Gasteiger partial charge in [0, 0.05) is 23.5 Å². The van der Waals surface area contributed by atoms with Gasteiger partial charge in [-0.15, -0.1) is 24.8 Å². The second kappa shape index (κ2) is 12.2. The summed E-state index contributed by atoms with van der Waals surface area (Å²) in [6, 6.07) is 14.6. The summed E-state index contributed by atoms with van der Waals surface area (Å²) in [5.41, 5.74) is 8.94. The van der Waals surface area contributed by atoms with Crippen LogP contribution in [0, 0.1) is 0 Å². The molecule has 0 aromatic heterocycles. The monoisotopic (exact) mass is 412 g/mol. The average Bonchev–Trinajstić information content (AvgIpc) is 2.55. The van der Waals surface area contributed by atoms with Crippen molar-refractivity contribution < 1.29 is 9.59 Å². The molecule has 0 spiro atoms. The van der Waals surface area contributed by atoms with Crippen LogP contribution in [0.15, 0.2) is 48.5 Å². The number of hydrogen-bond donors (Lipinski definition) is 3. The summed E-state index contributed by atoms with van der Waals surface area (Å²) < 4.78 is 0. The van der Waals surface area contributed by atoms with Crippen molar-refractivity contribution in [1.29, 1.82) is 0 Å². The molecule has 148 valence electrons. The summed E-state index contributed by atoms with van der Waals surface area (Å²) >= 11 is 0. The summed E-state index contributed by atoms with van der Waals surface area (Å²) in [5, 5.41) is 5.64. The zero-order valence-corrected chi connectivity index (χ0v) is 17.0. The van der Waals surface area contributed by atoms with Gasteiger partial charge in [-0.05, 0) is 56.4 Å². The lowest BCUT2D eigenvalue weighted by molar-refractivity contribution is -0.117. The number of carbonyl (C=O) groups is 2. The van der Waals surface area contributed by atoms with Crippen LogP contribution >= 0.6 is 24.8 Å². The van der Waals surface area contributed by atoms with Crippen molar-refractivity contribution in [3.05, 3.63) is 54.1 Å². The van der Waals surface area contributed by atoms with E-state index >= 15 is 0 Å². The standard InChI is InChI=1S/C19H24N4O2.2ClH/c1-23(2)13-19(25)22-16-10-8-15(9-11-16)21-18(24)12-7-14-5-3-4-6-17(14)20;;/h3-6,8-11H,7,12-13,20H2,1-2H3,(H,21,24)(H,22,25);2*1H. The number of nitrogens with two attached hydrogens (primary N) is 1. The number of benzene rings is 2. The summed E-state index contributed by atoms with van der Waals surface area (Å²) in [4.78, 5) is 25.5. The smallest absolute Gasteiger partial charge is 0.238 e. The molecule has 4 N–H and O–H groups in total. The Labute approximate surface area is 172 Å². The lowest BCUT2D eigenvalue weighted by Crippen LogP contribution is -2.27. The summed E-state index contributed by atoms with van der Waals surface area (Å²) in [7, 11) is 3.67. The highest BCUT2D eigenvalue weighted by Crippen LogP contribution is 2.16. The Morgan fingerprint density at radius 3 is 1.93 bits per heavy atom. The second-order valence-corrected chi connectivity index (χ2v) is 6.11. The van der Waals surface area contributed by atoms with Crippen LogP contribution in [0.1, 0.15) is 12.0 Å². The minimum atomic E-state index is -0.0813. The zero-order valence-electron chi connectivity index (χ0n) is 15.4. The van der Waals surface area contributed by atoms with Crippen LogP contribution in [0.5, 0.6) is 0 Å². The van der Waals surface area contributed by atoms with Crippen LogP contribution in [-0.2, 0) is 16.0 Å². The summed E-state index contributed by atoms with van der Waals surface area (Å²) in [6.45, 7) is 0.321. The lowest BCUT2D eigenvalue weighted by atomic mass is 10.1. The number of carbonyl (C=O) groups excluding carboxylic acids is 2. The quantitative estimate of drug-likeness (QED) is 0.609. The third kappa shape index (κ3) is 8.77. The van der Waals surface area contributed by atoms with Crippen molar-refractivity contribution >= 4 is 53.7 Å². The number of nitrogens with one attached hydrogen (secondary N) is 2. The van der Waals surface area contributed by atoms with Crippen LogP contribution in [0.3, 0.4) is 0 Å². The molecule has 2 amide bonds. The Hall–Kier alpha value is -2.28. The molecular formula is C19H26Cl2N4O2. The third-order valence-electron chi connectivity index (χ3n) is 3.59. The van der Waals surface area contributed by atoms with Gasteiger partial charge >= 0.3 is 0 Å². The lowest BCUT2D eigenvalue weighted by Gasteiger charge is -2.11. The van der Waals surface area contributed by atoms with Gasteiger partial charge in [0.2, 0.25) is 11.8 Å². The topological polar surface area (TPSA) is 87.5 Å². The number of likely N-dealkylation sites (N-methyl/N-ethyl adjacent to an activating group) is 1. The molecule has 0 aliphatic heterocycles. The number of anilines is 3. The molecule has 0 atom stereocenters. The van der Waals surface area contributed by atoms with Gasteiger partial charge in [-0.25, -0.2) is 0 Å². The fourth-order valence-electron chi connectivity index (χ4n) is 2.36. The van der Waals surface area contributed by atoms with Crippen molar-refractivity contribution in [3.63, 3.8) is 0 Å². The molecule has 0 saturated carbocycles. The Bertz CT molecular complexity index is 737. The molecular weight excluding hydrogens is 387 g/mol. The summed E-state index contributed by atoms with van der Waals surface area (Å²) in [5.74, 6) is -0.158. The number of halogens is 2. The van der Waals surface area contributed by atoms with E-state index in [9.17, 15) is 9.59 Å². The Kier molecular flexibility index (Phi) is 11.1. The predicted octanol–water partition coefficient (Wildman–Crippen LogP) is 3.18. The number of amides is 2. The molecule has 0 aliphatic rings. The largest absolute Gasteiger partial charge is 0.399 e. The van der Waals surface area contributed by atoms with Gasteiger partial charge in [0.05, 0.1) is 6.54 Å². The Balaban J connectivity index is 0.00000338. The number of nitrogens with zero attached hydrogens (tertiary/aromatic N) is 1. The minimum Gasteiger partial charge on any atom is -0.399 e. The van der Waals surface area contributed by atoms with E-state index in [1.54, 1.807) is 29.2 Å². The summed E-state index contributed by atoms with van der Waals surface area (Å²) in [6.07, 6.45) is 0.951. The van der Waals surface area contributed by atoms with Gasteiger partial charge in [0.25, 0.3) is 0 Å². The van der Waals surface area contributed by atoms with E-state index in [0.29, 0.717) is 36.4 Å². The van der Waals surface area contributed by atoms with Crippen LogP contribution in [0.2, 0.25) is 0 Å². The molecule has 0 bridgehead atoms. The van der Waals surface area contributed by atoms with Crippen LogP contribution < -0.4 is 16.4 Å². The van der Waals surface area contributed by atoms with Gasteiger partial charge < -0.3 is 21.3 Å². The molecule has 8 heteroatoms. The highest BCUT2D eigenvalue weighted by Gasteiger charge is 2.06. The molecule has 27 heavy (non-hydrogen) atoms. The van der Waals surface area contributed by atoms with Gasteiger partial charge in [-0.2, -0.15) is 0 Å². The highest BCUT2D eigenvalue weighted by atomic mass is 35.5. The molecule has 0 aliphatic carbocycles.